The van der Waals surface area contributed by atoms with Crippen molar-refractivity contribution < 1.29 is 13.2 Å². The molecule has 0 aliphatic carbocycles. The van der Waals surface area contributed by atoms with Crippen LogP contribution < -0.4 is 5.32 Å². The van der Waals surface area contributed by atoms with Crippen molar-refractivity contribution in [2.45, 2.75) is 18.7 Å². The number of benzene rings is 1. The summed E-state index contributed by atoms with van der Waals surface area (Å²) in [6, 6.07) is 7.36. The van der Waals surface area contributed by atoms with Crippen molar-refractivity contribution in [3.8, 4) is 0 Å². The van der Waals surface area contributed by atoms with Gasteiger partial charge in [0, 0.05) is 18.5 Å². The zero-order chi connectivity index (χ0) is 14.6. The van der Waals surface area contributed by atoms with Gasteiger partial charge in [0.25, 0.3) is 0 Å². The van der Waals surface area contributed by atoms with Crippen LogP contribution in [0.5, 0.6) is 0 Å². The molecule has 0 spiro atoms. The van der Waals surface area contributed by atoms with Crippen molar-refractivity contribution in [3.63, 3.8) is 0 Å². The molecule has 106 valence electrons. The van der Waals surface area contributed by atoms with Crippen LogP contribution in [0.3, 0.4) is 0 Å². The SMILES string of the molecule is C[C@H](C(=O)Nc1ccccc1CN(C)C)S(C)(=O)=O. The lowest BCUT2D eigenvalue weighted by molar-refractivity contribution is -0.115. The molecule has 0 radical (unpaired) electrons. The van der Waals surface area contributed by atoms with Crippen LogP contribution in [0.15, 0.2) is 24.3 Å². The number of amides is 1. The zero-order valence-electron chi connectivity index (χ0n) is 11.7. The lowest BCUT2D eigenvalue weighted by atomic mass is 10.1. The molecule has 1 rings (SSSR count). The van der Waals surface area contributed by atoms with Gasteiger partial charge >= 0.3 is 0 Å². The Morgan fingerprint density at radius 1 is 1.32 bits per heavy atom. The molecule has 0 aliphatic heterocycles. The fourth-order valence-electron chi connectivity index (χ4n) is 1.55. The Kier molecular flexibility index (Phi) is 5.08. The molecule has 19 heavy (non-hydrogen) atoms. The molecule has 0 saturated carbocycles. The van der Waals surface area contributed by atoms with Gasteiger partial charge in [-0.25, -0.2) is 8.42 Å². The number of carbonyl (C=O) groups excluding carboxylic acids is 1. The smallest absolute Gasteiger partial charge is 0.242 e. The molecular weight excluding hydrogens is 264 g/mol. The second-order valence-electron chi connectivity index (χ2n) is 4.86. The molecule has 1 aromatic carbocycles. The Balaban J connectivity index is 2.91. The van der Waals surface area contributed by atoms with E-state index in [2.05, 4.69) is 5.32 Å². The quantitative estimate of drug-likeness (QED) is 0.880. The maximum absolute atomic E-state index is 11.9. The molecule has 6 heteroatoms. The van der Waals surface area contributed by atoms with Crippen LogP contribution in [0, 0.1) is 0 Å². The van der Waals surface area contributed by atoms with Gasteiger partial charge < -0.3 is 10.2 Å². The number of hydrogen-bond acceptors (Lipinski definition) is 4. The molecule has 0 unspecified atom stereocenters. The van der Waals surface area contributed by atoms with Gasteiger partial charge in [0.05, 0.1) is 0 Å². The minimum atomic E-state index is -3.38. The van der Waals surface area contributed by atoms with Gasteiger partial charge in [0.15, 0.2) is 9.84 Å². The monoisotopic (exact) mass is 284 g/mol. The highest BCUT2D eigenvalue weighted by Crippen LogP contribution is 2.17. The topological polar surface area (TPSA) is 66.5 Å². The summed E-state index contributed by atoms with van der Waals surface area (Å²) in [5.74, 6) is -0.506. The molecule has 0 bridgehead atoms. The van der Waals surface area contributed by atoms with Crippen LogP contribution in [0.1, 0.15) is 12.5 Å². The molecule has 1 atom stereocenters. The zero-order valence-corrected chi connectivity index (χ0v) is 12.5. The molecule has 0 heterocycles. The third-order valence-electron chi connectivity index (χ3n) is 2.77. The van der Waals surface area contributed by atoms with Crippen molar-refractivity contribution in [3.05, 3.63) is 29.8 Å². The number of hydrogen-bond donors (Lipinski definition) is 1. The summed E-state index contributed by atoms with van der Waals surface area (Å²) in [7, 11) is 0.476. The van der Waals surface area contributed by atoms with Crippen LogP contribution >= 0.6 is 0 Å². The standard InChI is InChI=1S/C13H20N2O3S/c1-10(19(4,17)18)13(16)14-12-8-6-5-7-11(12)9-15(2)3/h5-8,10H,9H2,1-4H3,(H,14,16)/t10-/m1/s1. The summed E-state index contributed by atoms with van der Waals surface area (Å²) < 4.78 is 22.7. The van der Waals surface area contributed by atoms with E-state index in [9.17, 15) is 13.2 Å². The second-order valence-corrected chi connectivity index (χ2v) is 7.22. The first kappa shape index (κ1) is 15.7. The van der Waals surface area contributed by atoms with Gasteiger partial charge in [-0.15, -0.1) is 0 Å². The van der Waals surface area contributed by atoms with Gasteiger partial charge in [-0.05, 0) is 32.6 Å². The Hall–Kier alpha value is -1.40. The van der Waals surface area contributed by atoms with E-state index < -0.39 is 21.0 Å². The number of sulfone groups is 1. The number of anilines is 1. The summed E-state index contributed by atoms with van der Waals surface area (Å²) in [6.45, 7) is 2.06. The van der Waals surface area contributed by atoms with Crippen LogP contribution in [0.4, 0.5) is 5.69 Å². The second kappa shape index (κ2) is 6.16. The number of nitrogens with zero attached hydrogens (tertiary/aromatic N) is 1. The van der Waals surface area contributed by atoms with Crippen molar-refractivity contribution in [1.29, 1.82) is 0 Å². The molecule has 0 aromatic heterocycles. The number of carbonyl (C=O) groups is 1. The lowest BCUT2D eigenvalue weighted by Gasteiger charge is -2.16. The van der Waals surface area contributed by atoms with Crippen LogP contribution in [-0.4, -0.2) is 44.8 Å². The van der Waals surface area contributed by atoms with E-state index in [-0.39, 0.29) is 0 Å². The van der Waals surface area contributed by atoms with Gasteiger partial charge in [0.1, 0.15) is 5.25 Å². The van der Waals surface area contributed by atoms with E-state index in [1.807, 2.05) is 31.1 Å². The average molecular weight is 284 g/mol. The molecule has 0 fully saturated rings. The van der Waals surface area contributed by atoms with Gasteiger partial charge in [-0.1, -0.05) is 18.2 Å². The summed E-state index contributed by atoms with van der Waals surface area (Å²) >= 11 is 0. The minimum Gasteiger partial charge on any atom is -0.325 e. The van der Waals surface area contributed by atoms with E-state index in [0.29, 0.717) is 12.2 Å². The lowest BCUT2D eigenvalue weighted by Crippen LogP contribution is -2.32. The van der Waals surface area contributed by atoms with Crippen molar-refractivity contribution >= 4 is 21.4 Å². The predicted octanol–water partition coefficient (Wildman–Crippen LogP) is 1.12. The number of rotatable bonds is 5. The van der Waals surface area contributed by atoms with E-state index in [1.54, 1.807) is 12.1 Å². The fraction of sp³-hybridized carbons (Fsp3) is 0.462. The Labute approximate surface area is 114 Å². The first-order valence-electron chi connectivity index (χ1n) is 5.94. The van der Waals surface area contributed by atoms with E-state index in [1.165, 1.54) is 6.92 Å². The normalized spacial score (nSPS) is 13.3. The maximum Gasteiger partial charge on any atom is 0.242 e. The summed E-state index contributed by atoms with van der Waals surface area (Å²) in [4.78, 5) is 13.9. The third-order valence-corrected chi connectivity index (χ3v) is 4.27. The largest absolute Gasteiger partial charge is 0.325 e. The molecule has 5 nitrogen and oxygen atoms in total. The van der Waals surface area contributed by atoms with E-state index in [4.69, 9.17) is 0 Å². The predicted molar refractivity (Wildman–Crippen MR) is 76.8 cm³/mol. The van der Waals surface area contributed by atoms with E-state index in [0.717, 1.165) is 11.8 Å². The molecule has 0 saturated heterocycles. The number of para-hydroxylation sites is 1. The van der Waals surface area contributed by atoms with Crippen molar-refractivity contribution in [1.82, 2.24) is 4.90 Å². The van der Waals surface area contributed by atoms with E-state index >= 15 is 0 Å². The summed E-state index contributed by atoms with van der Waals surface area (Å²) in [6.07, 6.45) is 1.06. The minimum absolute atomic E-state index is 0.506. The van der Waals surface area contributed by atoms with Gasteiger partial charge in [-0.2, -0.15) is 0 Å². The fourth-order valence-corrected chi connectivity index (χ4v) is 2.00. The highest BCUT2D eigenvalue weighted by atomic mass is 32.2. The molecular formula is C13H20N2O3S. The molecule has 0 aliphatic rings. The van der Waals surface area contributed by atoms with Gasteiger partial charge in [0.2, 0.25) is 5.91 Å². The molecule has 1 aromatic rings. The Bertz CT molecular complexity index is 553. The first-order chi connectivity index (χ1) is 8.71. The Morgan fingerprint density at radius 2 is 1.89 bits per heavy atom. The van der Waals surface area contributed by atoms with Crippen LogP contribution in [0.25, 0.3) is 0 Å². The first-order valence-corrected chi connectivity index (χ1v) is 7.89. The van der Waals surface area contributed by atoms with Crippen molar-refractivity contribution in [2.75, 3.05) is 25.7 Å². The highest BCUT2D eigenvalue weighted by molar-refractivity contribution is 7.92. The number of nitrogens with one attached hydrogen (secondary N) is 1. The highest BCUT2D eigenvalue weighted by Gasteiger charge is 2.23. The molecule has 1 amide bonds. The third kappa shape index (κ3) is 4.65. The Morgan fingerprint density at radius 3 is 2.42 bits per heavy atom. The average Bonchev–Trinajstić information content (AvgIpc) is 2.28. The molecule has 1 N–H and O–H groups in total. The summed E-state index contributed by atoms with van der Waals surface area (Å²) in [5, 5.41) is 1.62. The summed E-state index contributed by atoms with van der Waals surface area (Å²) in [5.41, 5.74) is 1.60. The van der Waals surface area contributed by atoms with Gasteiger partial charge in [-0.3, -0.25) is 4.79 Å². The van der Waals surface area contributed by atoms with Crippen LogP contribution in [0.2, 0.25) is 0 Å². The van der Waals surface area contributed by atoms with Crippen LogP contribution in [-0.2, 0) is 21.2 Å². The maximum atomic E-state index is 11.9. The van der Waals surface area contributed by atoms with Crippen molar-refractivity contribution in [2.24, 2.45) is 0 Å².